The largest absolute Gasteiger partial charge is 0.756 e. The van der Waals surface area contributed by atoms with Crippen molar-refractivity contribution >= 4 is 23.5 Å². The van der Waals surface area contributed by atoms with Gasteiger partial charge in [0.1, 0.15) is 11.6 Å². The van der Waals surface area contributed by atoms with Crippen LogP contribution in [0.4, 0.5) is 0 Å². The quantitative estimate of drug-likeness (QED) is 0.118. The molecular weight excluding hydrogens is 507 g/mol. The normalized spacial score (nSPS) is 31.1. The van der Waals surface area contributed by atoms with Gasteiger partial charge in [0, 0.05) is 17.2 Å². The van der Waals surface area contributed by atoms with Gasteiger partial charge in [-0.3, -0.25) is 28.0 Å². The number of aromatic nitrogens is 2. The molecule has 3 unspecified atom stereocenters. The van der Waals surface area contributed by atoms with Crippen LogP contribution in [0.15, 0.2) is 27.0 Å². The molecule has 22 heteroatoms. The number of phosphoric ester groups is 1. The minimum absolute atomic E-state index is 0.737. The summed E-state index contributed by atoms with van der Waals surface area (Å²) in [7, 11) is -17.6. The monoisotopic (exact) mass is 521 g/mol. The van der Waals surface area contributed by atoms with E-state index in [2.05, 4.69) is 23.2 Å². The standard InChI is InChI=1S/C10H16N5O14P3/c1-10(13-14-11)7(17)5(27-8(10)15-3-2-6(16)12-9(15)18)4-26-31(22,23)29-32(24,25)28-30(19,20)21/h2-3,5,7-8,17H,4H2,1H3,(H,22,23)(H,24,25)(H,12,16,18)(H2,19,20,21)/p-2/t5-,7-,8-,10-/m1/s1. The number of nitrogens with zero attached hydrogens (tertiary/aromatic N) is 4. The van der Waals surface area contributed by atoms with Crippen LogP contribution in [0.2, 0.25) is 0 Å². The van der Waals surface area contributed by atoms with E-state index < -0.39 is 65.3 Å². The van der Waals surface area contributed by atoms with Crippen LogP contribution in [0, 0.1) is 0 Å². The first-order valence-electron chi connectivity index (χ1n) is 7.96. The average molecular weight is 521 g/mol. The van der Waals surface area contributed by atoms with Crippen LogP contribution in [0.5, 0.6) is 0 Å². The third kappa shape index (κ3) is 6.43. The van der Waals surface area contributed by atoms with E-state index in [0.29, 0.717) is 0 Å². The molecule has 0 radical (unpaired) electrons. The van der Waals surface area contributed by atoms with E-state index in [0.717, 1.165) is 23.8 Å². The van der Waals surface area contributed by atoms with Gasteiger partial charge >= 0.3 is 13.5 Å². The lowest BCUT2D eigenvalue weighted by molar-refractivity contribution is -0.236. The molecule has 4 N–H and O–H groups in total. The van der Waals surface area contributed by atoms with E-state index in [4.69, 9.17) is 15.2 Å². The molecule has 1 aromatic heterocycles. The molecule has 0 bridgehead atoms. The molecule has 0 spiro atoms. The van der Waals surface area contributed by atoms with Crippen LogP contribution in [0.1, 0.15) is 13.2 Å². The third-order valence-electron chi connectivity index (χ3n) is 3.93. The molecule has 0 aromatic carbocycles. The highest BCUT2D eigenvalue weighted by molar-refractivity contribution is 7.65. The average Bonchev–Trinajstić information content (AvgIpc) is 2.82. The lowest BCUT2D eigenvalue weighted by Gasteiger charge is -2.28. The topological polar surface area (TPSA) is 299 Å². The van der Waals surface area contributed by atoms with Crippen molar-refractivity contribution in [2.75, 3.05) is 6.61 Å². The number of azide groups is 1. The minimum Gasteiger partial charge on any atom is -0.756 e. The summed E-state index contributed by atoms with van der Waals surface area (Å²) in [4.78, 5) is 67.2. The Hall–Kier alpha value is -1.68. The number of hydrogen-bond donors (Lipinski definition) is 4. The molecule has 1 saturated heterocycles. The molecule has 32 heavy (non-hydrogen) atoms. The zero-order valence-corrected chi connectivity index (χ0v) is 18.2. The second-order valence-corrected chi connectivity index (χ2v) is 10.6. The van der Waals surface area contributed by atoms with Gasteiger partial charge in [-0.15, -0.1) is 0 Å². The Morgan fingerprint density at radius 2 is 1.97 bits per heavy atom. The Morgan fingerprint density at radius 3 is 2.50 bits per heavy atom. The summed E-state index contributed by atoms with van der Waals surface area (Å²) in [5.41, 5.74) is 5.08. The Bertz CT molecular complexity index is 1170. The molecule has 0 saturated carbocycles. The van der Waals surface area contributed by atoms with Crippen LogP contribution in [0.3, 0.4) is 0 Å². The number of nitrogens with one attached hydrogen (secondary N) is 1. The molecule has 0 aliphatic carbocycles. The van der Waals surface area contributed by atoms with Crippen LogP contribution in [-0.2, 0) is 31.6 Å². The number of aromatic amines is 1. The van der Waals surface area contributed by atoms with Crippen molar-refractivity contribution in [2.24, 2.45) is 5.11 Å². The van der Waals surface area contributed by atoms with Crippen molar-refractivity contribution < 1.29 is 56.3 Å². The van der Waals surface area contributed by atoms with Crippen LogP contribution in [0.25, 0.3) is 10.4 Å². The smallest absolute Gasteiger partial charge is 0.478 e. The minimum atomic E-state index is -6.08. The summed E-state index contributed by atoms with van der Waals surface area (Å²) in [6.07, 6.45) is -4.08. The molecule has 1 aromatic rings. The summed E-state index contributed by atoms with van der Waals surface area (Å²) in [5.74, 6) is 0. The molecule has 2 heterocycles. The fraction of sp³-hybridized carbons (Fsp3) is 0.600. The lowest BCUT2D eigenvalue weighted by atomic mass is 9.93. The number of aliphatic hydroxyl groups excluding tert-OH is 1. The first kappa shape index (κ1) is 26.6. The predicted molar refractivity (Wildman–Crippen MR) is 94.2 cm³/mol. The summed E-state index contributed by atoms with van der Waals surface area (Å²) in [5, 5.41) is 13.9. The molecule has 1 fully saturated rings. The Kier molecular flexibility index (Phi) is 7.71. The van der Waals surface area contributed by atoms with Gasteiger partial charge in [0.05, 0.1) is 12.7 Å². The molecule has 1 aliphatic heterocycles. The van der Waals surface area contributed by atoms with E-state index in [1.54, 1.807) is 0 Å². The van der Waals surface area contributed by atoms with Crippen molar-refractivity contribution in [1.82, 2.24) is 9.55 Å². The molecule has 7 atom stereocenters. The highest BCUT2D eigenvalue weighted by Crippen LogP contribution is 2.63. The zero-order chi connectivity index (χ0) is 24.5. The molecule has 19 nitrogen and oxygen atoms in total. The van der Waals surface area contributed by atoms with E-state index >= 15 is 0 Å². The summed E-state index contributed by atoms with van der Waals surface area (Å²) < 4.78 is 50.6. The van der Waals surface area contributed by atoms with Gasteiger partial charge in [-0.1, -0.05) is 5.11 Å². The highest BCUT2D eigenvalue weighted by atomic mass is 31.3. The van der Waals surface area contributed by atoms with Gasteiger partial charge in [0.15, 0.2) is 6.23 Å². The van der Waals surface area contributed by atoms with Crippen LogP contribution in [-0.4, -0.2) is 48.8 Å². The highest BCUT2D eigenvalue weighted by Gasteiger charge is 2.54. The number of aliphatic hydroxyl groups is 1. The number of ether oxygens (including phenoxy) is 1. The maximum Gasteiger partial charge on any atom is 0.478 e. The summed E-state index contributed by atoms with van der Waals surface area (Å²) in [6, 6.07) is 0.912. The van der Waals surface area contributed by atoms with Crippen molar-refractivity contribution in [3.8, 4) is 0 Å². The van der Waals surface area contributed by atoms with E-state index in [1.165, 1.54) is 0 Å². The van der Waals surface area contributed by atoms with E-state index in [-0.39, 0.29) is 0 Å². The molecular formula is C10H14N5O14P3-2. The van der Waals surface area contributed by atoms with E-state index in [9.17, 15) is 43.1 Å². The van der Waals surface area contributed by atoms with Crippen molar-refractivity contribution in [3.05, 3.63) is 43.5 Å². The number of rotatable bonds is 9. The molecule has 0 amide bonds. The Labute approximate surface area is 176 Å². The van der Waals surface area contributed by atoms with Gasteiger partial charge in [0.2, 0.25) is 0 Å². The number of phosphoric acid groups is 3. The fourth-order valence-electron chi connectivity index (χ4n) is 2.65. The van der Waals surface area contributed by atoms with Gasteiger partial charge in [-0.05, 0) is 12.5 Å². The van der Waals surface area contributed by atoms with Crippen molar-refractivity contribution in [1.29, 1.82) is 0 Å². The van der Waals surface area contributed by atoms with Crippen LogP contribution < -0.4 is 21.0 Å². The second-order valence-electron chi connectivity index (χ2n) is 6.25. The first-order chi connectivity index (χ1) is 14.5. The Morgan fingerprint density at radius 1 is 1.34 bits per heavy atom. The summed E-state index contributed by atoms with van der Waals surface area (Å²) in [6.45, 7) is 0.0234. The molecule has 180 valence electrons. The third-order valence-corrected chi connectivity index (χ3v) is 7.65. The first-order valence-corrected chi connectivity index (χ1v) is 12.4. The SMILES string of the molecule is C[C@@]1(N=[N+]=[N-])[C@H](O)[C@@H](COP(=O)(O)OP(=O)([O-])OP(=O)([O-])O)O[C@H]1n1ccc(=O)[nH]c1=O. The zero-order valence-electron chi connectivity index (χ0n) is 15.6. The van der Waals surface area contributed by atoms with Gasteiger partial charge in [-0.25, -0.2) is 18.0 Å². The number of hydrogen-bond acceptors (Lipinski definition) is 13. The Balaban J connectivity index is 2.24. The fourth-order valence-corrected chi connectivity index (χ4v) is 5.59. The predicted octanol–water partition coefficient (Wildman–Crippen LogP) is -2.06. The van der Waals surface area contributed by atoms with Gasteiger partial charge in [-0.2, -0.15) is 0 Å². The molecule has 2 rings (SSSR count). The lowest BCUT2D eigenvalue weighted by Crippen LogP contribution is -2.45. The summed E-state index contributed by atoms with van der Waals surface area (Å²) >= 11 is 0. The second kappa shape index (κ2) is 9.29. The van der Waals surface area contributed by atoms with Crippen LogP contribution >= 0.6 is 23.5 Å². The maximum atomic E-state index is 12.0. The van der Waals surface area contributed by atoms with Gasteiger partial charge in [0.25, 0.3) is 21.2 Å². The number of H-pyrrole nitrogens is 1. The van der Waals surface area contributed by atoms with Crippen molar-refractivity contribution in [3.63, 3.8) is 0 Å². The maximum absolute atomic E-state index is 12.0. The molecule has 1 aliphatic rings. The van der Waals surface area contributed by atoms with Gasteiger partial charge < -0.3 is 29.4 Å². The van der Waals surface area contributed by atoms with Crippen molar-refractivity contribution in [2.45, 2.75) is 30.9 Å². The van der Waals surface area contributed by atoms with E-state index in [1.807, 2.05) is 4.98 Å².